The molecule has 1 aliphatic rings. The van der Waals surface area contributed by atoms with Crippen molar-refractivity contribution in [3.63, 3.8) is 0 Å². The van der Waals surface area contributed by atoms with Crippen LogP contribution >= 0.6 is 11.3 Å². The van der Waals surface area contributed by atoms with Crippen LogP contribution in [0.25, 0.3) is 0 Å². The van der Waals surface area contributed by atoms with Gasteiger partial charge in [-0.3, -0.25) is 4.79 Å². The number of amides is 1. The predicted octanol–water partition coefficient (Wildman–Crippen LogP) is 4.22. The second-order valence-electron chi connectivity index (χ2n) is 7.34. The first-order valence-corrected chi connectivity index (χ1v) is 11.0. The van der Waals surface area contributed by atoms with Crippen molar-refractivity contribution in [2.45, 2.75) is 12.1 Å². The van der Waals surface area contributed by atoms with Crippen LogP contribution in [0.4, 0.5) is 5.69 Å². The summed E-state index contributed by atoms with van der Waals surface area (Å²) >= 11 is 1.49. The van der Waals surface area contributed by atoms with Gasteiger partial charge in [0, 0.05) is 12.1 Å². The number of aliphatic hydroxyl groups excluding tert-OH is 1. The highest BCUT2D eigenvalue weighted by atomic mass is 32.1. The minimum Gasteiger partial charge on any atom is -0.497 e. The van der Waals surface area contributed by atoms with E-state index in [1.807, 2.05) is 41.1 Å². The first-order valence-electron chi connectivity index (χ1n) is 10.0. The highest BCUT2D eigenvalue weighted by Crippen LogP contribution is 2.52. The SMILES string of the molecule is COc1ccc([C@@H]2[C@@H](C(O)c3ccsc3)C(=O)N2c2cc(OC)c(OC)c(OC)c2)cc1. The molecule has 1 amide bonds. The van der Waals surface area contributed by atoms with Gasteiger partial charge in [-0.25, -0.2) is 0 Å². The third-order valence-electron chi connectivity index (χ3n) is 5.75. The van der Waals surface area contributed by atoms with E-state index in [0.717, 1.165) is 11.1 Å². The lowest BCUT2D eigenvalue weighted by Gasteiger charge is -2.49. The van der Waals surface area contributed by atoms with Gasteiger partial charge in [-0.2, -0.15) is 11.3 Å². The molecule has 3 aromatic rings. The van der Waals surface area contributed by atoms with E-state index in [9.17, 15) is 9.90 Å². The molecule has 2 heterocycles. The summed E-state index contributed by atoms with van der Waals surface area (Å²) in [5.74, 6) is 1.25. The van der Waals surface area contributed by atoms with E-state index in [1.54, 1.807) is 24.1 Å². The molecule has 7 nitrogen and oxygen atoms in total. The highest BCUT2D eigenvalue weighted by Gasteiger charge is 2.53. The van der Waals surface area contributed by atoms with Crippen LogP contribution in [0.15, 0.2) is 53.2 Å². The van der Waals surface area contributed by atoms with E-state index in [2.05, 4.69) is 0 Å². The average molecular weight is 456 g/mol. The Morgan fingerprint density at radius 1 is 0.938 bits per heavy atom. The lowest BCUT2D eigenvalue weighted by atomic mass is 9.76. The van der Waals surface area contributed by atoms with Gasteiger partial charge >= 0.3 is 0 Å². The molecular formula is C24H25NO6S. The maximum atomic E-state index is 13.4. The minimum atomic E-state index is -0.917. The fraction of sp³-hybridized carbons (Fsp3) is 0.292. The van der Waals surface area contributed by atoms with Crippen LogP contribution in [0.2, 0.25) is 0 Å². The molecule has 1 aromatic heterocycles. The largest absolute Gasteiger partial charge is 0.497 e. The summed E-state index contributed by atoms with van der Waals surface area (Å²) in [7, 11) is 6.20. The average Bonchev–Trinajstić information content (AvgIpc) is 3.37. The number of rotatable bonds is 8. The maximum absolute atomic E-state index is 13.4. The quantitative estimate of drug-likeness (QED) is 0.513. The molecule has 0 spiro atoms. The number of methoxy groups -OCH3 is 4. The second kappa shape index (κ2) is 9.10. The maximum Gasteiger partial charge on any atom is 0.236 e. The molecular weight excluding hydrogens is 430 g/mol. The van der Waals surface area contributed by atoms with Gasteiger partial charge in [0.25, 0.3) is 0 Å². The van der Waals surface area contributed by atoms with Gasteiger partial charge in [-0.15, -0.1) is 0 Å². The van der Waals surface area contributed by atoms with Crippen molar-refractivity contribution in [2.24, 2.45) is 5.92 Å². The van der Waals surface area contributed by atoms with Gasteiger partial charge in [0.1, 0.15) is 5.75 Å². The van der Waals surface area contributed by atoms with E-state index in [-0.39, 0.29) is 11.9 Å². The van der Waals surface area contributed by atoms with Crippen LogP contribution in [0, 0.1) is 5.92 Å². The molecule has 3 atom stereocenters. The van der Waals surface area contributed by atoms with Gasteiger partial charge in [-0.05, 0) is 40.1 Å². The standard InChI is InChI=1S/C24H25NO6S/c1-28-17-7-5-14(6-8-17)21-20(22(26)15-9-10-32-13-15)24(27)25(21)16-11-18(29-2)23(31-4)19(12-16)30-3/h5-13,20-22,26H,1-4H3/t20-,21+,22?/m0/s1. The number of anilines is 1. The molecule has 0 saturated carbocycles. The van der Waals surface area contributed by atoms with Gasteiger partial charge in [0.2, 0.25) is 11.7 Å². The van der Waals surface area contributed by atoms with E-state index < -0.39 is 12.0 Å². The predicted molar refractivity (Wildman–Crippen MR) is 122 cm³/mol. The zero-order valence-corrected chi connectivity index (χ0v) is 19.1. The molecule has 0 radical (unpaired) electrons. The van der Waals surface area contributed by atoms with Crippen LogP contribution in [-0.2, 0) is 4.79 Å². The molecule has 2 aromatic carbocycles. The number of benzene rings is 2. The summed E-state index contributed by atoms with van der Waals surface area (Å²) in [5, 5.41) is 14.8. The Balaban J connectivity index is 1.79. The molecule has 32 heavy (non-hydrogen) atoms. The first-order chi connectivity index (χ1) is 15.5. The molecule has 1 unspecified atom stereocenters. The van der Waals surface area contributed by atoms with Gasteiger partial charge in [-0.1, -0.05) is 12.1 Å². The van der Waals surface area contributed by atoms with Crippen molar-refractivity contribution in [3.8, 4) is 23.0 Å². The van der Waals surface area contributed by atoms with E-state index in [0.29, 0.717) is 28.7 Å². The number of aliphatic hydroxyl groups is 1. The summed E-state index contributed by atoms with van der Waals surface area (Å²) in [4.78, 5) is 15.1. The van der Waals surface area contributed by atoms with Crippen molar-refractivity contribution in [1.82, 2.24) is 0 Å². The Morgan fingerprint density at radius 2 is 1.59 bits per heavy atom. The zero-order valence-electron chi connectivity index (χ0n) is 18.3. The summed E-state index contributed by atoms with van der Waals surface area (Å²) < 4.78 is 21.6. The van der Waals surface area contributed by atoms with Crippen molar-refractivity contribution < 1.29 is 28.8 Å². The van der Waals surface area contributed by atoms with Gasteiger partial charge in [0.15, 0.2) is 11.5 Å². The summed E-state index contributed by atoms with van der Waals surface area (Å²) in [6, 6.07) is 12.5. The Morgan fingerprint density at radius 3 is 2.09 bits per heavy atom. The van der Waals surface area contributed by atoms with Gasteiger partial charge < -0.3 is 29.0 Å². The topological polar surface area (TPSA) is 77.5 Å². The number of nitrogens with zero attached hydrogens (tertiary/aromatic N) is 1. The van der Waals surface area contributed by atoms with Crippen LogP contribution in [-0.4, -0.2) is 39.5 Å². The Kier molecular flexibility index (Phi) is 6.25. The number of β-lactam (4-membered cyclic amide) rings is 1. The third kappa shape index (κ3) is 3.65. The van der Waals surface area contributed by atoms with Crippen LogP contribution < -0.4 is 23.8 Å². The number of carbonyl (C=O) groups is 1. The molecule has 0 bridgehead atoms. The number of hydrogen-bond acceptors (Lipinski definition) is 7. The molecule has 8 heteroatoms. The molecule has 1 fully saturated rings. The van der Waals surface area contributed by atoms with E-state index in [4.69, 9.17) is 18.9 Å². The van der Waals surface area contributed by atoms with E-state index in [1.165, 1.54) is 32.7 Å². The lowest BCUT2D eigenvalue weighted by molar-refractivity contribution is -0.136. The summed E-state index contributed by atoms with van der Waals surface area (Å²) in [6.07, 6.45) is -0.917. The Hall–Kier alpha value is -3.23. The van der Waals surface area contributed by atoms with Crippen molar-refractivity contribution in [3.05, 3.63) is 64.4 Å². The fourth-order valence-corrected chi connectivity index (χ4v) is 4.81. The molecule has 4 rings (SSSR count). The van der Waals surface area contributed by atoms with Crippen molar-refractivity contribution >= 4 is 22.9 Å². The van der Waals surface area contributed by atoms with Crippen LogP contribution in [0.3, 0.4) is 0 Å². The monoisotopic (exact) mass is 455 g/mol. The molecule has 1 N–H and O–H groups in total. The second-order valence-corrected chi connectivity index (χ2v) is 8.12. The number of hydrogen-bond donors (Lipinski definition) is 1. The number of thiophene rings is 1. The third-order valence-corrected chi connectivity index (χ3v) is 6.45. The van der Waals surface area contributed by atoms with Crippen molar-refractivity contribution in [1.29, 1.82) is 0 Å². The van der Waals surface area contributed by atoms with Crippen molar-refractivity contribution in [2.75, 3.05) is 33.3 Å². The lowest BCUT2D eigenvalue weighted by Crippen LogP contribution is -2.57. The minimum absolute atomic E-state index is 0.182. The molecule has 1 saturated heterocycles. The number of ether oxygens (including phenoxy) is 4. The Labute approximate surface area is 190 Å². The van der Waals surface area contributed by atoms with E-state index >= 15 is 0 Å². The first kappa shape index (κ1) is 22.0. The smallest absolute Gasteiger partial charge is 0.236 e. The highest BCUT2D eigenvalue weighted by molar-refractivity contribution is 7.08. The Bertz CT molecular complexity index is 1060. The fourth-order valence-electron chi connectivity index (χ4n) is 4.12. The van der Waals surface area contributed by atoms with Gasteiger partial charge in [0.05, 0.1) is 52.2 Å². The zero-order chi connectivity index (χ0) is 22.8. The summed E-state index contributed by atoms with van der Waals surface area (Å²) in [6.45, 7) is 0. The molecule has 1 aliphatic heterocycles. The molecule has 0 aliphatic carbocycles. The van der Waals surface area contributed by atoms with Crippen LogP contribution in [0.5, 0.6) is 23.0 Å². The summed E-state index contributed by atoms with van der Waals surface area (Å²) in [5.41, 5.74) is 2.22. The number of carbonyl (C=O) groups excluding carboxylic acids is 1. The van der Waals surface area contributed by atoms with Crippen LogP contribution in [0.1, 0.15) is 23.3 Å². The normalized spacial score (nSPS) is 18.7. The molecule has 168 valence electrons.